The highest BCUT2D eigenvalue weighted by Crippen LogP contribution is 2.67. The molecule has 2 aliphatic rings. The molecule has 0 fully saturated rings. The number of benzene rings is 10. The molecular weight excluding hydrogens is 769 g/mol. The second-order valence-corrected chi connectivity index (χ2v) is 17.5. The number of rotatable bonds is 6. The Balaban J connectivity index is 1.14. The Kier molecular flexibility index (Phi) is 7.72. The van der Waals surface area contributed by atoms with E-state index in [0.717, 1.165) is 28.4 Å². The van der Waals surface area contributed by atoms with Crippen LogP contribution in [0.5, 0.6) is 0 Å². The molecule has 11 aromatic rings. The number of fused-ring (bicyclic) bond motifs is 15. The molecular formula is C59H38N2S. The van der Waals surface area contributed by atoms with Gasteiger partial charge in [-0.3, -0.25) is 0 Å². The Morgan fingerprint density at radius 1 is 0.323 bits per heavy atom. The lowest BCUT2D eigenvalue weighted by Gasteiger charge is -2.36. The summed E-state index contributed by atoms with van der Waals surface area (Å²) in [5.41, 5.74) is 16.6. The largest absolute Gasteiger partial charge is 0.310 e. The van der Waals surface area contributed by atoms with Gasteiger partial charge in [0.2, 0.25) is 0 Å². The standard InChI is InChI=1S/C59H38N2S/c1-4-19-40(20-5-1)60(41-21-6-2-7-22-41)43-32-34-53-49(37-43)46-26-12-15-29-51(46)59(53)52-30-16-13-28-48(52)57-45-25-11-10-18-39(45)36-54(58(57)59)61(42-23-8-3-9-24-42)44-33-35-56-50(38-44)47-27-14-17-31-55(47)62-56/h1-38H. The smallest absolute Gasteiger partial charge is 0.0746 e. The zero-order valence-corrected chi connectivity index (χ0v) is 34.6. The zero-order chi connectivity index (χ0) is 40.8. The first-order valence-corrected chi connectivity index (χ1v) is 22.2. The van der Waals surface area contributed by atoms with E-state index in [-0.39, 0.29) is 0 Å². The molecule has 290 valence electrons. The van der Waals surface area contributed by atoms with Crippen LogP contribution in [-0.2, 0) is 5.41 Å². The fourth-order valence-corrected chi connectivity index (χ4v) is 11.8. The topological polar surface area (TPSA) is 6.48 Å². The summed E-state index contributed by atoms with van der Waals surface area (Å²) in [7, 11) is 0. The van der Waals surface area contributed by atoms with Crippen molar-refractivity contribution >= 4 is 76.4 Å². The van der Waals surface area contributed by atoms with E-state index in [1.54, 1.807) is 0 Å². The summed E-state index contributed by atoms with van der Waals surface area (Å²) < 4.78 is 2.61. The molecule has 2 aliphatic carbocycles. The Bertz CT molecular complexity index is 3500. The summed E-state index contributed by atoms with van der Waals surface area (Å²) >= 11 is 1.87. The molecule has 1 heterocycles. The minimum absolute atomic E-state index is 0.605. The highest BCUT2D eigenvalue weighted by molar-refractivity contribution is 7.25. The maximum Gasteiger partial charge on any atom is 0.0746 e. The third-order valence-corrected chi connectivity index (χ3v) is 14.3. The summed E-state index contributed by atoms with van der Waals surface area (Å²) in [6, 6.07) is 85.4. The first kappa shape index (κ1) is 35.1. The summed E-state index contributed by atoms with van der Waals surface area (Å²) in [5, 5.41) is 5.07. The molecule has 0 saturated heterocycles. The quantitative estimate of drug-likeness (QED) is 0.165. The van der Waals surface area contributed by atoms with Crippen LogP contribution in [-0.4, -0.2) is 0 Å². The molecule has 0 bridgehead atoms. The maximum atomic E-state index is 2.53. The van der Waals surface area contributed by atoms with Crippen LogP contribution in [0.1, 0.15) is 22.3 Å². The molecule has 1 spiro atoms. The molecule has 0 amide bonds. The molecule has 0 aliphatic heterocycles. The highest BCUT2D eigenvalue weighted by atomic mass is 32.1. The predicted octanol–water partition coefficient (Wildman–Crippen LogP) is 16.5. The molecule has 0 radical (unpaired) electrons. The first-order chi connectivity index (χ1) is 30.8. The van der Waals surface area contributed by atoms with Crippen LogP contribution >= 0.6 is 11.3 Å². The monoisotopic (exact) mass is 806 g/mol. The van der Waals surface area contributed by atoms with Gasteiger partial charge in [0.25, 0.3) is 0 Å². The van der Waals surface area contributed by atoms with Crippen LogP contribution < -0.4 is 9.80 Å². The van der Waals surface area contributed by atoms with Crippen LogP contribution in [0.3, 0.4) is 0 Å². The maximum absolute atomic E-state index is 2.53. The van der Waals surface area contributed by atoms with Gasteiger partial charge in [-0.05, 0) is 129 Å². The number of hydrogen-bond acceptors (Lipinski definition) is 3. The van der Waals surface area contributed by atoms with E-state index in [4.69, 9.17) is 0 Å². The second kappa shape index (κ2) is 13.7. The van der Waals surface area contributed by atoms with E-state index < -0.39 is 5.41 Å². The van der Waals surface area contributed by atoms with E-state index >= 15 is 0 Å². The predicted molar refractivity (Wildman–Crippen MR) is 263 cm³/mol. The summed E-state index contributed by atoms with van der Waals surface area (Å²) in [6.07, 6.45) is 0. The number of hydrogen-bond donors (Lipinski definition) is 0. The average Bonchev–Trinajstić information content (AvgIpc) is 3.97. The van der Waals surface area contributed by atoms with Gasteiger partial charge in [-0.15, -0.1) is 11.3 Å². The van der Waals surface area contributed by atoms with Gasteiger partial charge in [-0.1, -0.05) is 152 Å². The molecule has 10 aromatic carbocycles. The molecule has 1 aromatic heterocycles. The van der Waals surface area contributed by atoms with Crippen LogP contribution in [0.25, 0.3) is 53.2 Å². The van der Waals surface area contributed by atoms with Crippen molar-refractivity contribution in [2.45, 2.75) is 5.41 Å². The zero-order valence-electron chi connectivity index (χ0n) is 33.7. The van der Waals surface area contributed by atoms with E-state index in [2.05, 4.69) is 240 Å². The average molecular weight is 807 g/mol. The molecule has 13 rings (SSSR count). The van der Waals surface area contributed by atoms with Crippen LogP contribution in [0.4, 0.5) is 34.1 Å². The van der Waals surface area contributed by atoms with Crippen LogP contribution in [0.15, 0.2) is 231 Å². The summed E-state index contributed by atoms with van der Waals surface area (Å²) in [4.78, 5) is 4.91. The summed E-state index contributed by atoms with van der Waals surface area (Å²) in [5.74, 6) is 0. The van der Waals surface area contributed by atoms with Crippen molar-refractivity contribution in [1.29, 1.82) is 0 Å². The normalized spacial score (nSPS) is 14.5. The minimum Gasteiger partial charge on any atom is -0.310 e. The number of thiophene rings is 1. The number of para-hydroxylation sites is 3. The molecule has 2 nitrogen and oxygen atoms in total. The highest BCUT2D eigenvalue weighted by Gasteiger charge is 2.54. The van der Waals surface area contributed by atoms with E-state index in [1.165, 1.54) is 81.1 Å². The van der Waals surface area contributed by atoms with Crippen molar-refractivity contribution in [1.82, 2.24) is 0 Å². The van der Waals surface area contributed by atoms with Gasteiger partial charge in [-0.2, -0.15) is 0 Å². The fraction of sp³-hybridized carbons (Fsp3) is 0.0169. The van der Waals surface area contributed by atoms with E-state index in [0.29, 0.717) is 0 Å². The third kappa shape index (κ3) is 4.97. The van der Waals surface area contributed by atoms with Crippen molar-refractivity contribution < 1.29 is 0 Å². The summed E-state index contributed by atoms with van der Waals surface area (Å²) in [6.45, 7) is 0. The van der Waals surface area contributed by atoms with E-state index in [1.807, 2.05) is 11.3 Å². The van der Waals surface area contributed by atoms with Gasteiger partial charge in [0.05, 0.1) is 11.1 Å². The molecule has 0 N–H and O–H groups in total. The minimum atomic E-state index is -0.605. The van der Waals surface area contributed by atoms with Gasteiger partial charge in [-0.25, -0.2) is 0 Å². The molecule has 3 heteroatoms. The van der Waals surface area contributed by atoms with Crippen LogP contribution in [0, 0.1) is 0 Å². The van der Waals surface area contributed by atoms with Crippen molar-refractivity contribution in [3.63, 3.8) is 0 Å². The SMILES string of the molecule is c1ccc(N(c2ccccc2)c2ccc3c(c2)-c2ccccc2C32c3ccccc3-c3c2c(N(c2ccccc2)c2ccc4sc5ccccc5c4c2)cc2ccccc32)cc1. The van der Waals surface area contributed by atoms with Gasteiger partial charge in [0, 0.05) is 54.2 Å². The van der Waals surface area contributed by atoms with E-state index in [9.17, 15) is 0 Å². The fourth-order valence-electron chi connectivity index (χ4n) is 10.8. The Morgan fingerprint density at radius 3 is 1.56 bits per heavy atom. The number of nitrogens with zero attached hydrogens (tertiary/aromatic N) is 2. The number of anilines is 6. The Morgan fingerprint density at radius 2 is 0.839 bits per heavy atom. The Hall–Kier alpha value is -7.72. The molecule has 0 saturated carbocycles. The second-order valence-electron chi connectivity index (χ2n) is 16.4. The molecule has 62 heavy (non-hydrogen) atoms. The van der Waals surface area contributed by atoms with Crippen molar-refractivity contribution in [2.24, 2.45) is 0 Å². The van der Waals surface area contributed by atoms with Crippen molar-refractivity contribution in [3.8, 4) is 22.3 Å². The lowest BCUT2D eigenvalue weighted by molar-refractivity contribution is 0.793. The van der Waals surface area contributed by atoms with Crippen molar-refractivity contribution in [2.75, 3.05) is 9.80 Å². The lowest BCUT2D eigenvalue weighted by atomic mass is 9.69. The van der Waals surface area contributed by atoms with Crippen molar-refractivity contribution in [3.05, 3.63) is 253 Å². The third-order valence-electron chi connectivity index (χ3n) is 13.2. The Labute approximate surface area is 364 Å². The first-order valence-electron chi connectivity index (χ1n) is 21.3. The lowest BCUT2D eigenvalue weighted by Crippen LogP contribution is -2.28. The molecule has 1 unspecified atom stereocenters. The van der Waals surface area contributed by atoms with Gasteiger partial charge >= 0.3 is 0 Å². The van der Waals surface area contributed by atoms with Gasteiger partial charge < -0.3 is 9.80 Å². The van der Waals surface area contributed by atoms with Crippen LogP contribution in [0.2, 0.25) is 0 Å². The van der Waals surface area contributed by atoms with Gasteiger partial charge in [0.1, 0.15) is 0 Å². The molecule has 1 atom stereocenters. The van der Waals surface area contributed by atoms with Gasteiger partial charge in [0.15, 0.2) is 0 Å².